The normalized spacial score (nSPS) is 12.6. The highest BCUT2D eigenvalue weighted by atomic mass is 28.4. The van der Waals surface area contributed by atoms with Crippen molar-refractivity contribution in [3.8, 4) is 5.75 Å². The summed E-state index contributed by atoms with van der Waals surface area (Å²) < 4.78 is 6.10. The van der Waals surface area contributed by atoms with Crippen molar-refractivity contribution in [3.05, 3.63) is 24.3 Å². The molecule has 0 unspecified atom stereocenters. The fourth-order valence-corrected chi connectivity index (χ4v) is 2.02. The summed E-state index contributed by atoms with van der Waals surface area (Å²) in [6.45, 7) is 11.2. The van der Waals surface area contributed by atoms with E-state index in [-0.39, 0.29) is 5.04 Å². The van der Waals surface area contributed by atoms with E-state index in [1.807, 2.05) is 24.3 Å². The second-order valence-corrected chi connectivity index (χ2v) is 10.2. The molecule has 0 aliphatic rings. The molecule has 1 aromatic carbocycles. The van der Waals surface area contributed by atoms with Gasteiger partial charge >= 0.3 is 0 Å². The van der Waals surface area contributed by atoms with Crippen LogP contribution in [0.25, 0.3) is 0 Å². The standard InChI is InChI=1S/C12H19BOSi/c1-12(2,3)15(4,5)14-11-8-6-10(13)7-9-11/h6-9H,1-5H3. The van der Waals surface area contributed by atoms with Crippen LogP contribution in [-0.2, 0) is 0 Å². The maximum Gasteiger partial charge on any atom is 0.250 e. The SMILES string of the molecule is [B]c1ccc(O[Si](C)(C)C(C)(C)C)cc1. The lowest BCUT2D eigenvalue weighted by Crippen LogP contribution is -2.43. The first-order chi connectivity index (χ1) is 6.72. The minimum absolute atomic E-state index is 0.231. The molecule has 3 heteroatoms. The second-order valence-electron chi connectivity index (χ2n) is 5.43. The largest absolute Gasteiger partial charge is 0.544 e. The molecule has 0 aliphatic heterocycles. The molecule has 15 heavy (non-hydrogen) atoms. The molecule has 0 aliphatic carbocycles. The average Bonchev–Trinajstić information content (AvgIpc) is 2.06. The number of rotatable bonds is 2. The van der Waals surface area contributed by atoms with Gasteiger partial charge in [0, 0.05) is 0 Å². The molecule has 1 aromatic rings. The van der Waals surface area contributed by atoms with E-state index in [4.69, 9.17) is 12.3 Å². The fraction of sp³-hybridized carbons (Fsp3) is 0.500. The van der Waals surface area contributed by atoms with Crippen molar-refractivity contribution in [1.82, 2.24) is 0 Å². The third-order valence-corrected chi connectivity index (χ3v) is 7.42. The molecule has 0 heterocycles. The Morgan fingerprint density at radius 3 is 1.93 bits per heavy atom. The molecule has 80 valence electrons. The Labute approximate surface area is 95.4 Å². The predicted molar refractivity (Wildman–Crippen MR) is 69.7 cm³/mol. The van der Waals surface area contributed by atoms with Crippen LogP contribution in [0.3, 0.4) is 0 Å². The van der Waals surface area contributed by atoms with Gasteiger partial charge in [-0.2, -0.15) is 0 Å². The monoisotopic (exact) mass is 218 g/mol. The lowest BCUT2D eigenvalue weighted by Gasteiger charge is -2.36. The van der Waals surface area contributed by atoms with Crippen LogP contribution in [0.1, 0.15) is 20.8 Å². The second kappa shape index (κ2) is 4.05. The van der Waals surface area contributed by atoms with Gasteiger partial charge in [0.05, 0.1) is 0 Å². The Kier molecular flexibility index (Phi) is 3.34. The topological polar surface area (TPSA) is 9.23 Å². The Balaban J connectivity index is 2.82. The molecule has 0 aromatic heterocycles. The van der Waals surface area contributed by atoms with Gasteiger partial charge in [-0.1, -0.05) is 38.4 Å². The summed E-state index contributed by atoms with van der Waals surface area (Å²) in [5, 5.41) is 0.231. The first kappa shape index (κ1) is 12.4. The minimum Gasteiger partial charge on any atom is -0.544 e. The van der Waals surface area contributed by atoms with Crippen LogP contribution in [-0.4, -0.2) is 16.2 Å². The van der Waals surface area contributed by atoms with Crippen molar-refractivity contribution >= 4 is 21.6 Å². The van der Waals surface area contributed by atoms with Gasteiger partial charge in [0.25, 0.3) is 0 Å². The van der Waals surface area contributed by atoms with Crippen LogP contribution in [0.2, 0.25) is 18.1 Å². The summed E-state index contributed by atoms with van der Waals surface area (Å²) in [6, 6.07) is 7.64. The van der Waals surface area contributed by atoms with Crippen molar-refractivity contribution in [3.63, 3.8) is 0 Å². The average molecular weight is 218 g/mol. The quantitative estimate of drug-likeness (QED) is 0.693. The fourth-order valence-electron chi connectivity index (χ4n) is 0.984. The molecule has 0 saturated heterocycles. The smallest absolute Gasteiger partial charge is 0.250 e. The summed E-state index contributed by atoms with van der Waals surface area (Å²) >= 11 is 0. The number of hydrogen-bond donors (Lipinski definition) is 0. The molecule has 0 atom stereocenters. The number of hydrogen-bond acceptors (Lipinski definition) is 1. The van der Waals surface area contributed by atoms with Crippen LogP contribution in [0.5, 0.6) is 5.75 Å². The van der Waals surface area contributed by atoms with Gasteiger partial charge < -0.3 is 4.43 Å². The molecule has 2 radical (unpaired) electrons. The van der Waals surface area contributed by atoms with Gasteiger partial charge in [-0.3, -0.25) is 0 Å². The highest BCUT2D eigenvalue weighted by molar-refractivity contribution is 6.74. The molecule has 0 N–H and O–H groups in total. The molecule has 0 bridgehead atoms. The third-order valence-electron chi connectivity index (χ3n) is 3.06. The maximum absolute atomic E-state index is 6.10. The zero-order valence-electron chi connectivity index (χ0n) is 10.3. The first-order valence-corrected chi connectivity index (χ1v) is 8.18. The van der Waals surface area contributed by atoms with Crippen molar-refractivity contribution in [2.75, 3.05) is 0 Å². The van der Waals surface area contributed by atoms with E-state index in [1.54, 1.807) is 0 Å². The maximum atomic E-state index is 6.10. The summed E-state index contributed by atoms with van der Waals surface area (Å²) in [7, 11) is 3.93. The zero-order valence-corrected chi connectivity index (χ0v) is 11.3. The molecule has 0 fully saturated rings. The van der Waals surface area contributed by atoms with Gasteiger partial charge in [-0.25, -0.2) is 0 Å². The van der Waals surface area contributed by atoms with E-state index < -0.39 is 8.32 Å². The van der Waals surface area contributed by atoms with Gasteiger partial charge in [0.1, 0.15) is 13.6 Å². The predicted octanol–water partition coefficient (Wildman–Crippen LogP) is 2.86. The molecule has 0 amide bonds. The van der Waals surface area contributed by atoms with Gasteiger partial charge in [-0.15, -0.1) is 0 Å². The van der Waals surface area contributed by atoms with E-state index in [2.05, 4.69) is 33.9 Å². The molecule has 0 spiro atoms. The van der Waals surface area contributed by atoms with Gasteiger partial charge in [0.2, 0.25) is 8.32 Å². The lowest BCUT2D eigenvalue weighted by molar-refractivity contribution is 0.492. The molecular formula is C12H19BOSi. The first-order valence-electron chi connectivity index (χ1n) is 5.27. The van der Waals surface area contributed by atoms with Crippen LogP contribution < -0.4 is 9.89 Å². The van der Waals surface area contributed by atoms with E-state index in [1.165, 1.54) is 0 Å². The Bertz CT molecular complexity index is 324. The summed E-state index contributed by atoms with van der Waals surface area (Å²) in [5.74, 6) is 0.927. The Morgan fingerprint density at radius 1 is 1.07 bits per heavy atom. The summed E-state index contributed by atoms with van der Waals surface area (Å²) in [4.78, 5) is 0. The van der Waals surface area contributed by atoms with Gasteiger partial charge in [0.15, 0.2) is 0 Å². The van der Waals surface area contributed by atoms with Crippen LogP contribution in [0, 0.1) is 0 Å². The third kappa shape index (κ3) is 3.13. The Hall–Kier alpha value is -0.698. The zero-order chi connectivity index (χ0) is 11.7. The summed E-state index contributed by atoms with van der Waals surface area (Å²) in [6.07, 6.45) is 0. The van der Waals surface area contributed by atoms with Crippen LogP contribution in [0.4, 0.5) is 0 Å². The number of benzene rings is 1. The van der Waals surface area contributed by atoms with E-state index in [0.29, 0.717) is 0 Å². The minimum atomic E-state index is -1.70. The summed E-state index contributed by atoms with van der Waals surface area (Å²) in [5.41, 5.74) is 0.776. The van der Waals surface area contributed by atoms with Crippen molar-refractivity contribution < 1.29 is 4.43 Å². The van der Waals surface area contributed by atoms with Crippen LogP contribution >= 0.6 is 0 Å². The van der Waals surface area contributed by atoms with Crippen LogP contribution in [0.15, 0.2) is 24.3 Å². The van der Waals surface area contributed by atoms with Gasteiger partial charge in [-0.05, 0) is 30.3 Å². The van der Waals surface area contributed by atoms with E-state index >= 15 is 0 Å². The van der Waals surface area contributed by atoms with E-state index in [9.17, 15) is 0 Å². The van der Waals surface area contributed by atoms with Crippen molar-refractivity contribution in [2.45, 2.75) is 38.9 Å². The molecule has 0 saturated carbocycles. The molecule has 1 rings (SSSR count). The molecule has 1 nitrogen and oxygen atoms in total. The molecular weight excluding hydrogens is 199 g/mol. The highest BCUT2D eigenvalue weighted by Gasteiger charge is 2.38. The lowest BCUT2D eigenvalue weighted by atomic mass is 9.97. The van der Waals surface area contributed by atoms with Crippen molar-refractivity contribution in [1.29, 1.82) is 0 Å². The highest BCUT2D eigenvalue weighted by Crippen LogP contribution is 2.37. The van der Waals surface area contributed by atoms with E-state index in [0.717, 1.165) is 11.2 Å². The Morgan fingerprint density at radius 2 is 1.53 bits per heavy atom. The van der Waals surface area contributed by atoms with Crippen molar-refractivity contribution in [2.24, 2.45) is 0 Å².